The second kappa shape index (κ2) is 7.12. The summed E-state index contributed by atoms with van der Waals surface area (Å²) >= 11 is 0. The van der Waals surface area contributed by atoms with Crippen molar-refractivity contribution in [2.75, 3.05) is 10.2 Å². The van der Waals surface area contributed by atoms with E-state index in [4.69, 9.17) is 5.26 Å². The quantitative estimate of drug-likeness (QED) is 0.755. The average Bonchev–Trinajstić information content (AvgIpc) is 3.03. The molecule has 1 amide bonds. The van der Waals surface area contributed by atoms with Crippen LogP contribution < -0.4 is 10.2 Å². The topological polar surface area (TPSA) is 81.9 Å². The van der Waals surface area contributed by atoms with Crippen LogP contribution in [-0.2, 0) is 6.42 Å². The molecule has 0 radical (unpaired) electrons. The Kier molecular flexibility index (Phi) is 4.50. The number of fused-ring (bicyclic) bond motifs is 1. The van der Waals surface area contributed by atoms with Gasteiger partial charge in [0.25, 0.3) is 5.91 Å². The molecule has 2 heterocycles. The number of nitriles is 1. The molecule has 0 saturated heterocycles. The number of rotatable bonds is 3. The number of benzene rings is 2. The fraction of sp³-hybridized carbons (Fsp3) is 0.182. The number of carbonyl (C=O) groups excluding carboxylic acids is 1. The lowest BCUT2D eigenvalue weighted by molar-refractivity contribution is 0.0976. The van der Waals surface area contributed by atoms with Crippen LogP contribution >= 0.6 is 0 Å². The van der Waals surface area contributed by atoms with Gasteiger partial charge in [-0.15, -0.1) is 0 Å². The molecule has 0 fully saturated rings. The maximum absolute atomic E-state index is 13.2. The van der Waals surface area contributed by atoms with E-state index in [1.165, 1.54) is 5.56 Å². The number of nitrogens with one attached hydrogen (secondary N) is 1. The lowest BCUT2D eigenvalue weighted by Gasteiger charge is -2.22. The van der Waals surface area contributed by atoms with Crippen molar-refractivity contribution in [3.8, 4) is 6.07 Å². The largest absolute Gasteiger partial charge is 0.324 e. The molecular weight excluding hydrogens is 350 g/mol. The molecule has 1 aliphatic rings. The van der Waals surface area contributed by atoms with Crippen molar-refractivity contribution >= 4 is 23.2 Å². The Balaban J connectivity index is 1.63. The summed E-state index contributed by atoms with van der Waals surface area (Å²) in [6, 6.07) is 18.8. The van der Waals surface area contributed by atoms with Gasteiger partial charge < -0.3 is 10.2 Å². The summed E-state index contributed by atoms with van der Waals surface area (Å²) in [6.45, 7) is 3.88. The van der Waals surface area contributed by atoms with Crippen molar-refractivity contribution in [1.29, 1.82) is 5.26 Å². The minimum atomic E-state index is -0.133. The molecule has 138 valence electrons. The summed E-state index contributed by atoms with van der Waals surface area (Å²) < 4.78 is 0. The van der Waals surface area contributed by atoms with Crippen LogP contribution in [0.2, 0.25) is 0 Å². The Bertz CT molecular complexity index is 1080. The lowest BCUT2D eigenvalue weighted by atomic mass is 10.1. The zero-order valence-electron chi connectivity index (χ0n) is 15.7. The highest BCUT2D eigenvalue weighted by molar-refractivity contribution is 6.06. The highest BCUT2D eigenvalue weighted by Gasteiger charge is 2.32. The summed E-state index contributed by atoms with van der Waals surface area (Å²) in [7, 11) is 0. The van der Waals surface area contributed by atoms with Gasteiger partial charge in [0.2, 0.25) is 5.95 Å². The van der Waals surface area contributed by atoms with Gasteiger partial charge in [0.1, 0.15) is 5.69 Å². The molecule has 4 rings (SSSR count). The molecule has 1 unspecified atom stereocenters. The number of para-hydroxylation sites is 1. The summed E-state index contributed by atoms with van der Waals surface area (Å²) in [5, 5.41) is 12.0. The second-order valence-corrected chi connectivity index (χ2v) is 6.89. The molecular formula is C22H19N5O. The zero-order valence-corrected chi connectivity index (χ0v) is 15.7. The number of aromatic nitrogens is 2. The van der Waals surface area contributed by atoms with E-state index in [0.717, 1.165) is 17.8 Å². The van der Waals surface area contributed by atoms with Crippen LogP contribution in [0.4, 0.5) is 17.3 Å². The summed E-state index contributed by atoms with van der Waals surface area (Å²) in [5.41, 5.74) is 4.50. The van der Waals surface area contributed by atoms with Gasteiger partial charge in [-0.3, -0.25) is 4.79 Å². The van der Waals surface area contributed by atoms with E-state index in [1.807, 2.05) is 36.9 Å². The van der Waals surface area contributed by atoms with Gasteiger partial charge in [0, 0.05) is 23.1 Å². The van der Waals surface area contributed by atoms with Crippen molar-refractivity contribution in [2.24, 2.45) is 0 Å². The summed E-state index contributed by atoms with van der Waals surface area (Å²) in [5.74, 6) is 0.221. The first-order chi connectivity index (χ1) is 13.5. The highest BCUT2D eigenvalue weighted by atomic mass is 16.2. The first kappa shape index (κ1) is 17.7. The molecule has 6 heteroatoms. The predicted octanol–water partition coefficient (Wildman–Crippen LogP) is 3.99. The fourth-order valence-corrected chi connectivity index (χ4v) is 3.49. The molecule has 1 aromatic heterocycles. The minimum absolute atomic E-state index is 0.0788. The molecule has 1 atom stereocenters. The monoisotopic (exact) mass is 369 g/mol. The smallest absolute Gasteiger partial charge is 0.277 e. The van der Waals surface area contributed by atoms with Crippen LogP contribution in [0.15, 0.2) is 54.6 Å². The molecule has 1 aliphatic heterocycles. The van der Waals surface area contributed by atoms with E-state index in [0.29, 0.717) is 22.9 Å². The Morgan fingerprint density at radius 3 is 2.68 bits per heavy atom. The van der Waals surface area contributed by atoms with Crippen molar-refractivity contribution in [1.82, 2.24) is 9.97 Å². The summed E-state index contributed by atoms with van der Waals surface area (Å²) in [6.07, 6.45) is 0.836. The SMILES string of the molecule is Cc1cc(C(=O)N2c3ccccc3CC2C)nc(Nc2ccc(C#N)cc2)n1. The van der Waals surface area contributed by atoms with Gasteiger partial charge in [-0.05, 0) is 62.2 Å². The number of amides is 1. The van der Waals surface area contributed by atoms with E-state index < -0.39 is 0 Å². The van der Waals surface area contributed by atoms with Crippen LogP contribution in [0.25, 0.3) is 0 Å². The molecule has 0 spiro atoms. The molecule has 3 aromatic rings. The Hall–Kier alpha value is -3.72. The standard InChI is InChI=1S/C22H19N5O/c1-14-11-19(21(28)27-15(2)12-17-5-3-4-6-20(17)27)26-22(24-14)25-18-9-7-16(13-23)8-10-18/h3-11,15H,12H2,1-2H3,(H,24,25,26). The molecule has 0 bridgehead atoms. The average molecular weight is 369 g/mol. The first-order valence-corrected chi connectivity index (χ1v) is 9.09. The van der Waals surface area contributed by atoms with Crippen LogP contribution in [-0.4, -0.2) is 21.9 Å². The molecule has 2 aromatic carbocycles. The van der Waals surface area contributed by atoms with Crippen molar-refractivity contribution in [2.45, 2.75) is 26.3 Å². The fourth-order valence-electron chi connectivity index (χ4n) is 3.49. The van der Waals surface area contributed by atoms with Gasteiger partial charge in [-0.2, -0.15) is 5.26 Å². The van der Waals surface area contributed by atoms with E-state index in [9.17, 15) is 4.79 Å². The predicted molar refractivity (Wildman–Crippen MR) is 108 cm³/mol. The third kappa shape index (κ3) is 3.30. The Labute approximate surface area is 163 Å². The minimum Gasteiger partial charge on any atom is -0.324 e. The van der Waals surface area contributed by atoms with Crippen molar-refractivity contribution in [3.63, 3.8) is 0 Å². The maximum atomic E-state index is 13.2. The number of anilines is 3. The molecule has 1 N–H and O–H groups in total. The highest BCUT2D eigenvalue weighted by Crippen LogP contribution is 2.33. The van der Waals surface area contributed by atoms with E-state index in [2.05, 4.69) is 27.4 Å². The summed E-state index contributed by atoms with van der Waals surface area (Å²) in [4.78, 5) is 23.9. The van der Waals surface area contributed by atoms with Crippen molar-refractivity contribution in [3.05, 3.63) is 77.1 Å². The molecule has 0 aliphatic carbocycles. The second-order valence-electron chi connectivity index (χ2n) is 6.89. The van der Waals surface area contributed by atoms with Crippen molar-refractivity contribution < 1.29 is 4.79 Å². The van der Waals surface area contributed by atoms with Crippen LogP contribution in [0.1, 0.15) is 34.2 Å². The van der Waals surface area contributed by atoms with Crippen LogP contribution in [0, 0.1) is 18.3 Å². The third-order valence-electron chi connectivity index (χ3n) is 4.77. The molecule has 0 saturated carbocycles. The number of aryl methyl sites for hydroxylation is 1. The zero-order chi connectivity index (χ0) is 19.7. The first-order valence-electron chi connectivity index (χ1n) is 9.09. The van der Waals surface area contributed by atoms with Crippen LogP contribution in [0.3, 0.4) is 0 Å². The van der Waals surface area contributed by atoms with E-state index >= 15 is 0 Å². The third-order valence-corrected chi connectivity index (χ3v) is 4.77. The number of carbonyl (C=O) groups is 1. The van der Waals surface area contributed by atoms with Gasteiger partial charge >= 0.3 is 0 Å². The van der Waals surface area contributed by atoms with Gasteiger partial charge in [-0.25, -0.2) is 9.97 Å². The number of hydrogen-bond acceptors (Lipinski definition) is 5. The lowest BCUT2D eigenvalue weighted by Crippen LogP contribution is -2.36. The van der Waals surface area contributed by atoms with E-state index in [1.54, 1.807) is 30.3 Å². The molecule has 6 nitrogen and oxygen atoms in total. The normalized spacial score (nSPS) is 15.0. The Morgan fingerprint density at radius 1 is 1.18 bits per heavy atom. The van der Waals surface area contributed by atoms with E-state index in [-0.39, 0.29) is 11.9 Å². The molecule has 28 heavy (non-hydrogen) atoms. The number of hydrogen-bond donors (Lipinski definition) is 1. The van der Waals surface area contributed by atoms with Crippen LogP contribution in [0.5, 0.6) is 0 Å². The number of nitrogens with zero attached hydrogens (tertiary/aromatic N) is 4. The van der Waals surface area contributed by atoms with Gasteiger partial charge in [0.05, 0.1) is 11.6 Å². The van der Waals surface area contributed by atoms with Gasteiger partial charge in [0.15, 0.2) is 0 Å². The Morgan fingerprint density at radius 2 is 1.93 bits per heavy atom. The van der Waals surface area contributed by atoms with Gasteiger partial charge in [-0.1, -0.05) is 18.2 Å². The maximum Gasteiger partial charge on any atom is 0.277 e.